The largest absolute Gasteiger partial charge is 0.467 e. The van der Waals surface area contributed by atoms with Gasteiger partial charge in [-0.25, -0.2) is 0 Å². The van der Waals surface area contributed by atoms with Crippen LogP contribution in [0.4, 0.5) is 0 Å². The molecule has 0 spiro atoms. The number of furan rings is 1. The van der Waals surface area contributed by atoms with E-state index in [4.69, 9.17) is 4.42 Å². The summed E-state index contributed by atoms with van der Waals surface area (Å²) in [4.78, 5) is 0. The number of benzene rings is 1. The topological polar surface area (TPSA) is 25.2 Å². The van der Waals surface area contributed by atoms with Crippen LogP contribution in [0.25, 0.3) is 0 Å². The van der Waals surface area contributed by atoms with Gasteiger partial charge in [0.2, 0.25) is 0 Å². The molecule has 2 aromatic rings. The van der Waals surface area contributed by atoms with Crippen LogP contribution in [0.3, 0.4) is 0 Å². The van der Waals surface area contributed by atoms with E-state index < -0.39 is 0 Å². The van der Waals surface area contributed by atoms with Crippen molar-refractivity contribution in [3.8, 4) is 0 Å². The minimum atomic E-state index is 0.256. The van der Waals surface area contributed by atoms with Gasteiger partial charge in [-0.1, -0.05) is 36.8 Å². The van der Waals surface area contributed by atoms with E-state index in [-0.39, 0.29) is 6.04 Å². The zero-order chi connectivity index (χ0) is 13.0. The Labute approximate surface area is 109 Å². The summed E-state index contributed by atoms with van der Waals surface area (Å²) in [6, 6.07) is 10.9. The van der Waals surface area contributed by atoms with E-state index in [0.717, 1.165) is 18.7 Å². The monoisotopic (exact) mass is 243 g/mol. The first-order chi connectivity index (χ1) is 8.70. The van der Waals surface area contributed by atoms with Crippen LogP contribution in [-0.4, -0.2) is 6.54 Å². The first kappa shape index (κ1) is 12.9. The molecule has 0 radical (unpaired) electrons. The molecule has 0 fully saturated rings. The third kappa shape index (κ3) is 3.02. The highest BCUT2D eigenvalue weighted by Gasteiger charge is 2.16. The molecule has 0 saturated heterocycles. The van der Waals surface area contributed by atoms with E-state index in [9.17, 15) is 0 Å². The number of nitrogens with one attached hydrogen (secondary N) is 1. The average Bonchev–Trinajstić information content (AvgIpc) is 2.75. The van der Waals surface area contributed by atoms with Gasteiger partial charge in [-0.3, -0.25) is 0 Å². The van der Waals surface area contributed by atoms with Gasteiger partial charge in [-0.15, -0.1) is 0 Å². The third-order valence-corrected chi connectivity index (χ3v) is 3.19. The molecule has 1 N–H and O–H groups in total. The Kier molecular flexibility index (Phi) is 4.21. The average molecular weight is 243 g/mol. The fraction of sp³-hybridized carbons (Fsp3) is 0.375. The zero-order valence-corrected chi connectivity index (χ0v) is 11.4. The number of likely N-dealkylation sites (N-methyl/N-ethyl adjacent to an activating group) is 1. The van der Waals surface area contributed by atoms with Gasteiger partial charge in [-0.05, 0) is 44.0 Å². The lowest BCUT2D eigenvalue weighted by atomic mass is 10.0. The second-order valence-electron chi connectivity index (χ2n) is 4.77. The SMILES string of the molecule is CCNC(Cc1cccc(C)c1)c1occc1C. The molecule has 2 heteroatoms. The van der Waals surface area contributed by atoms with Crippen molar-refractivity contribution in [3.63, 3.8) is 0 Å². The molecule has 0 aliphatic rings. The molecule has 1 atom stereocenters. The van der Waals surface area contributed by atoms with Crippen molar-refractivity contribution < 1.29 is 4.42 Å². The second kappa shape index (κ2) is 5.87. The summed E-state index contributed by atoms with van der Waals surface area (Å²) in [6.45, 7) is 7.29. The van der Waals surface area contributed by atoms with Gasteiger partial charge >= 0.3 is 0 Å². The number of hydrogen-bond donors (Lipinski definition) is 1. The smallest absolute Gasteiger partial charge is 0.123 e. The lowest BCUT2D eigenvalue weighted by Crippen LogP contribution is -2.23. The Balaban J connectivity index is 2.19. The molecule has 0 aliphatic heterocycles. The third-order valence-electron chi connectivity index (χ3n) is 3.19. The van der Waals surface area contributed by atoms with Gasteiger partial charge < -0.3 is 9.73 Å². The van der Waals surface area contributed by atoms with Crippen LogP contribution in [0.15, 0.2) is 41.0 Å². The van der Waals surface area contributed by atoms with Crippen molar-refractivity contribution in [1.29, 1.82) is 0 Å². The fourth-order valence-electron chi connectivity index (χ4n) is 2.32. The van der Waals surface area contributed by atoms with Gasteiger partial charge in [0.1, 0.15) is 5.76 Å². The minimum absolute atomic E-state index is 0.256. The lowest BCUT2D eigenvalue weighted by Gasteiger charge is -2.17. The summed E-state index contributed by atoms with van der Waals surface area (Å²) in [5.74, 6) is 1.05. The van der Waals surface area contributed by atoms with Crippen molar-refractivity contribution in [3.05, 3.63) is 59.0 Å². The molecule has 0 aliphatic carbocycles. The molecule has 2 nitrogen and oxygen atoms in total. The standard InChI is InChI=1S/C16H21NO/c1-4-17-15(16-13(3)8-9-18-16)11-14-7-5-6-12(2)10-14/h5-10,15,17H,4,11H2,1-3H3. The van der Waals surface area contributed by atoms with Crippen LogP contribution < -0.4 is 5.32 Å². The Morgan fingerprint density at radius 3 is 2.67 bits per heavy atom. The molecule has 0 bridgehead atoms. The maximum absolute atomic E-state index is 5.62. The maximum atomic E-state index is 5.62. The van der Waals surface area contributed by atoms with Crippen LogP contribution in [-0.2, 0) is 6.42 Å². The molecule has 0 amide bonds. The summed E-state index contributed by atoms with van der Waals surface area (Å²) < 4.78 is 5.62. The van der Waals surface area contributed by atoms with Crippen LogP contribution in [0.1, 0.15) is 35.4 Å². The van der Waals surface area contributed by atoms with Gasteiger partial charge in [-0.2, -0.15) is 0 Å². The summed E-state index contributed by atoms with van der Waals surface area (Å²) in [6.07, 6.45) is 2.73. The summed E-state index contributed by atoms with van der Waals surface area (Å²) in [5, 5.41) is 3.50. The summed E-state index contributed by atoms with van der Waals surface area (Å²) >= 11 is 0. The van der Waals surface area contributed by atoms with Crippen molar-refractivity contribution in [2.24, 2.45) is 0 Å². The molecule has 0 saturated carbocycles. The number of hydrogen-bond acceptors (Lipinski definition) is 2. The second-order valence-corrected chi connectivity index (χ2v) is 4.77. The van der Waals surface area contributed by atoms with Crippen LogP contribution in [0.5, 0.6) is 0 Å². The maximum Gasteiger partial charge on any atom is 0.123 e. The van der Waals surface area contributed by atoms with Crippen molar-refractivity contribution in [2.75, 3.05) is 6.54 Å². The molecule has 1 heterocycles. The van der Waals surface area contributed by atoms with Gasteiger partial charge in [0.15, 0.2) is 0 Å². The molecule has 96 valence electrons. The van der Waals surface area contributed by atoms with E-state index in [0.29, 0.717) is 0 Å². The highest BCUT2D eigenvalue weighted by atomic mass is 16.3. The molecule has 18 heavy (non-hydrogen) atoms. The number of aryl methyl sites for hydroxylation is 2. The first-order valence-electron chi connectivity index (χ1n) is 6.53. The molecule has 1 aromatic carbocycles. The molecular formula is C16H21NO. The predicted octanol–water partition coefficient (Wildman–Crippen LogP) is 3.79. The quantitative estimate of drug-likeness (QED) is 0.864. The predicted molar refractivity (Wildman–Crippen MR) is 74.7 cm³/mol. The normalized spacial score (nSPS) is 12.6. The van der Waals surface area contributed by atoms with E-state index in [1.165, 1.54) is 16.7 Å². The highest BCUT2D eigenvalue weighted by Crippen LogP contribution is 2.23. The highest BCUT2D eigenvalue weighted by molar-refractivity contribution is 5.26. The van der Waals surface area contributed by atoms with E-state index in [1.807, 2.05) is 6.07 Å². The van der Waals surface area contributed by atoms with Gasteiger partial charge in [0, 0.05) is 0 Å². The van der Waals surface area contributed by atoms with Crippen molar-refractivity contribution >= 4 is 0 Å². The van der Waals surface area contributed by atoms with E-state index in [1.54, 1.807) is 6.26 Å². The fourth-order valence-corrected chi connectivity index (χ4v) is 2.32. The summed E-state index contributed by atoms with van der Waals surface area (Å²) in [5.41, 5.74) is 3.87. The van der Waals surface area contributed by atoms with E-state index >= 15 is 0 Å². The van der Waals surface area contributed by atoms with Gasteiger partial charge in [0.05, 0.1) is 12.3 Å². The zero-order valence-electron chi connectivity index (χ0n) is 11.4. The Morgan fingerprint density at radius 1 is 1.22 bits per heavy atom. The van der Waals surface area contributed by atoms with Crippen molar-refractivity contribution in [1.82, 2.24) is 5.32 Å². The van der Waals surface area contributed by atoms with Crippen LogP contribution in [0, 0.1) is 13.8 Å². The lowest BCUT2D eigenvalue weighted by molar-refractivity contribution is 0.413. The van der Waals surface area contributed by atoms with E-state index in [2.05, 4.69) is 50.4 Å². The Morgan fingerprint density at radius 2 is 2.06 bits per heavy atom. The first-order valence-corrected chi connectivity index (χ1v) is 6.53. The van der Waals surface area contributed by atoms with Crippen molar-refractivity contribution in [2.45, 2.75) is 33.2 Å². The molecule has 2 rings (SSSR count). The molecular weight excluding hydrogens is 222 g/mol. The van der Waals surface area contributed by atoms with Crippen LogP contribution >= 0.6 is 0 Å². The van der Waals surface area contributed by atoms with Crippen LogP contribution in [0.2, 0.25) is 0 Å². The molecule has 1 unspecified atom stereocenters. The molecule has 1 aromatic heterocycles. The summed E-state index contributed by atoms with van der Waals surface area (Å²) in [7, 11) is 0. The minimum Gasteiger partial charge on any atom is -0.467 e. The Bertz CT molecular complexity index is 501. The Hall–Kier alpha value is -1.54. The van der Waals surface area contributed by atoms with Gasteiger partial charge in [0.25, 0.3) is 0 Å². The number of rotatable bonds is 5.